The van der Waals surface area contributed by atoms with Gasteiger partial charge in [-0.3, -0.25) is 4.79 Å². The highest BCUT2D eigenvalue weighted by Gasteiger charge is 2.22. The van der Waals surface area contributed by atoms with E-state index in [2.05, 4.69) is 9.88 Å². The molecule has 2 aromatic rings. The van der Waals surface area contributed by atoms with Gasteiger partial charge in [0.2, 0.25) is 5.91 Å². The van der Waals surface area contributed by atoms with Crippen molar-refractivity contribution in [2.45, 2.75) is 39.2 Å². The number of carbonyl (C=O) groups excluding carboxylic acids is 1. The molecule has 0 aliphatic carbocycles. The van der Waals surface area contributed by atoms with Gasteiger partial charge < -0.3 is 14.4 Å². The predicted molar refractivity (Wildman–Crippen MR) is 108 cm³/mol. The van der Waals surface area contributed by atoms with Crippen molar-refractivity contribution in [3.8, 4) is 0 Å². The molecule has 3 rings (SSSR count). The molecule has 1 saturated heterocycles. The Kier molecular flexibility index (Phi) is 7.20. The number of carbonyl (C=O) groups is 1. The Morgan fingerprint density at radius 2 is 1.93 bits per heavy atom. The molecule has 2 heterocycles. The number of hydrogen-bond acceptors (Lipinski definition) is 3. The van der Waals surface area contributed by atoms with E-state index in [1.807, 2.05) is 41.8 Å². The summed E-state index contributed by atoms with van der Waals surface area (Å²) in [4.78, 5) is 21.0. The molecule has 5 nitrogen and oxygen atoms in total. The van der Waals surface area contributed by atoms with Crippen molar-refractivity contribution in [2.24, 2.45) is 5.92 Å². The Morgan fingerprint density at radius 1 is 1.21 bits per heavy atom. The normalized spacial score (nSPS) is 15.7. The minimum absolute atomic E-state index is 0.177. The summed E-state index contributed by atoms with van der Waals surface area (Å²) in [7, 11) is 1.92. The van der Waals surface area contributed by atoms with Crippen LogP contribution in [0.4, 0.5) is 4.39 Å². The summed E-state index contributed by atoms with van der Waals surface area (Å²) in [6, 6.07) is 6.80. The molecular weight excluding hydrogens is 355 g/mol. The second-order valence-corrected chi connectivity index (χ2v) is 7.85. The number of imidazole rings is 1. The van der Waals surface area contributed by atoms with E-state index >= 15 is 0 Å². The third kappa shape index (κ3) is 5.89. The van der Waals surface area contributed by atoms with Gasteiger partial charge >= 0.3 is 0 Å². The molecule has 0 spiro atoms. The van der Waals surface area contributed by atoms with Crippen molar-refractivity contribution in [2.75, 3.05) is 33.2 Å². The topological polar surface area (TPSA) is 41.4 Å². The lowest BCUT2D eigenvalue weighted by Crippen LogP contribution is -2.40. The summed E-state index contributed by atoms with van der Waals surface area (Å²) in [5.74, 6) is 1.55. The highest BCUT2D eigenvalue weighted by atomic mass is 19.1. The number of hydrogen-bond donors (Lipinski definition) is 0. The van der Waals surface area contributed by atoms with Crippen molar-refractivity contribution >= 4 is 5.91 Å². The van der Waals surface area contributed by atoms with E-state index in [1.54, 1.807) is 6.20 Å². The maximum absolute atomic E-state index is 13.0. The number of aryl methyl sites for hydroxylation is 2. The number of benzene rings is 1. The third-order valence-corrected chi connectivity index (χ3v) is 5.79. The Balaban J connectivity index is 1.34. The minimum Gasteiger partial charge on any atom is -0.345 e. The largest absolute Gasteiger partial charge is 0.345 e. The molecule has 1 aliphatic rings. The molecule has 0 atom stereocenters. The van der Waals surface area contributed by atoms with Gasteiger partial charge in [-0.25, -0.2) is 9.37 Å². The maximum Gasteiger partial charge on any atom is 0.224 e. The van der Waals surface area contributed by atoms with Crippen molar-refractivity contribution < 1.29 is 9.18 Å². The summed E-state index contributed by atoms with van der Waals surface area (Å²) in [5.41, 5.74) is 1.18. The van der Waals surface area contributed by atoms with E-state index in [4.69, 9.17) is 0 Å². The Labute approximate surface area is 167 Å². The molecule has 0 radical (unpaired) electrons. The average molecular weight is 387 g/mol. The van der Waals surface area contributed by atoms with Gasteiger partial charge in [0.25, 0.3) is 0 Å². The number of likely N-dealkylation sites (tertiary alicyclic amines) is 1. The lowest BCUT2D eigenvalue weighted by molar-refractivity contribution is -0.130. The SMILES string of the molecule is Cc1nccn1CCC(=O)N(C)CC1CCN(CCc2ccc(F)cc2)CC1. The fourth-order valence-electron chi connectivity index (χ4n) is 3.87. The predicted octanol–water partition coefficient (Wildman–Crippen LogP) is 3.13. The van der Waals surface area contributed by atoms with Gasteiger partial charge in [-0.2, -0.15) is 0 Å². The van der Waals surface area contributed by atoms with Crippen LogP contribution in [0.25, 0.3) is 0 Å². The molecule has 6 heteroatoms. The molecule has 0 saturated carbocycles. The molecule has 0 N–H and O–H groups in total. The van der Waals surface area contributed by atoms with Crippen molar-refractivity contribution in [1.29, 1.82) is 0 Å². The van der Waals surface area contributed by atoms with Gasteiger partial charge in [-0.05, 0) is 62.9 Å². The lowest BCUT2D eigenvalue weighted by atomic mass is 9.96. The summed E-state index contributed by atoms with van der Waals surface area (Å²) < 4.78 is 15.0. The third-order valence-electron chi connectivity index (χ3n) is 5.79. The zero-order chi connectivity index (χ0) is 19.9. The molecule has 0 bridgehead atoms. The fourth-order valence-corrected chi connectivity index (χ4v) is 3.87. The van der Waals surface area contributed by atoms with Crippen LogP contribution in [0.2, 0.25) is 0 Å². The van der Waals surface area contributed by atoms with Gasteiger partial charge in [0.1, 0.15) is 11.6 Å². The first-order valence-corrected chi connectivity index (χ1v) is 10.2. The summed E-state index contributed by atoms with van der Waals surface area (Å²) >= 11 is 0. The molecule has 0 unspecified atom stereocenters. The first-order chi connectivity index (χ1) is 13.5. The summed E-state index contributed by atoms with van der Waals surface area (Å²) in [6.07, 6.45) is 7.42. The maximum atomic E-state index is 13.0. The Bertz CT molecular complexity index is 750. The van der Waals surface area contributed by atoms with E-state index in [1.165, 1.54) is 17.7 Å². The number of rotatable bonds is 8. The molecule has 1 amide bonds. The van der Waals surface area contributed by atoms with Gasteiger partial charge in [0, 0.05) is 45.5 Å². The van der Waals surface area contributed by atoms with E-state index in [-0.39, 0.29) is 11.7 Å². The summed E-state index contributed by atoms with van der Waals surface area (Å²) in [6.45, 7) is 6.64. The van der Waals surface area contributed by atoms with Gasteiger partial charge in [0.05, 0.1) is 0 Å². The van der Waals surface area contributed by atoms with Crippen LogP contribution >= 0.6 is 0 Å². The highest BCUT2D eigenvalue weighted by molar-refractivity contribution is 5.75. The minimum atomic E-state index is -0.177. The second kappa shape index (κ2) is 9.82. The Morgan fingerprint density at radius 3 is 2.57 bits per heavy atom. The van der Waals surface area contributed by atoms with Crippen LogP contribution in [0.1, 0.15) is 30.7 Å². The molecule has 1 aliphatic heterocycles. The van der Waals surface area contributed by atoms with Crippen molar-refractivity contribution in [3.63, 3.8) is 0 Å². The molecule has 28 heavy (non-hydrogen) atoms. The first-order valence-electron chi connectivity index (χ1n) is 10.2. The Hall–Kier alpha value is -2.21. The van der Waals surface area contributed by atoms with Gasteiger partial charge in [0.15, 0.2) is 0 Å². The van der Waals surface area contributed by atoms with E-state index in [0.29, 0.717) is 18.9 Å². The van der Waals surface area contributed by atoms with Crippen LogP contribution in [0.5, 0.6) is 0 Å². The summed E-state index contributed by atoms with van der Waals surface area (Å²) in [5, 5.41) is 0. The average Bonchev–Trinajstić information content (AvgIpc) is 3.11. The second-order valence-electron chi connectivity index (χ2n) is 7.85. The molecule has 1 aromatic carbocycles. The first kappa shape index (κ1) is 20.5. The van der Waals surface area contributed by atoms with Crippen LogP contribution in [0, 0.1) is 18.7 Å². The molecule has 1 fully saturated rings. The van der Waals surface area contributed by atoms with Crippen molar-refractivity contribution in [3.05, 3.63) is 53.9 Å². The zero-order valence-corrected chi connectivity index (χ0v) is 17.0. The number of piperidine rings is 1. The number of aromatic nitrogens is 2. The smallest absolute Gasteiger partial charge is 0.224 e. The van der Waals surface area contributed by atoms with Crippen LogP contribution in [0.15, 0.2) is 36.7 Å². The van der Waals surface area contributed by atoms with Gasteiger partial charge in [-0.15, -0.1) is 0 Å². The van der Waals surface area contributed by atoms with Crippen LogP contribution < -0.4 is 0 Å². The fraction of sp³-hybridized carbons (Fsp3) is 0.545. The number of halogens is 1. The molecule has 152 valence electrons. The quantitative estimate of drug-likeness (QED) is 0.700. The van der Waals surface area contributed by atoms with Crippen LogP contribution in [-0.2, 0) is 17.8 Å². The lowest BCUT2D eigenvalue weighted by Gasteiger charge is -2.34. The molecule has 1 aromatic heterocycles. The van der Waals surface area contributed by atoms with Crippen LogP contribution in [-0.4, -0.2) is 58.5 Å². The number of amides is 1. The van der Waals surface area contributed by atoms with Crippen LogP contribution in [0.3, 0.4) is 0 Å². The standard InChI is InChI=1S/C22H31FN4O/c1-18-24-11-16-27(18)15-10-22(28)25(2)17-20-8-13-26(14-9-20)12-7-19-3-5-21(23)6-4-19/h3-6,11,16,20H,7-10,12-15,17H2,1-2H3. The van der Waals surface area contributed by atoms with E-state index in [0.717, 1.165) is 51.3 Å². The number of nitrogens with zero attached hydrogens (tertiary/aromatic N) is 4. The van der Waals surface area contributed by atoms with E-state index in [9.17, 15) is 9.18 Å². The monoisotopic (exact) mass is 386 g/mol. The highest BCUT2D eigenvalue weighted by Crippen LogP contribution is 2.19. The zero-order valence-electron chi connectivity index (χ0n) is 17.0. The van der Waals surface area contributed by atoms with E-state index < -0.39 is 0 Å². The van der Waals surface area contributed by atoms with Crippen molar-refractivity contribution in [1.82, 2.24) is 19.4 Å². The van der Waals surface area contributed by atoms with Gasteiger partial charge in [-0.1, -0.05) is 12.1 Å². The molecular formula is C22H31FN4O.